The van der Waals surface area contributed by atoms with Crippen molar-refractivity contribution in [3.63, 3.8) is 0 Å². The second-order valence-electron chi connectivity index (χ2n) is 6.06. The summed E-state index contributed by atoms with van der Waals surface area (Å²) in [6.45, 7) is 0.156. The van der Waals surface area contributed by atoms with E-state index in [1.807, 2.05) is 24.3 Å². The third kappa shape index (κ3) is 3.98. The molecule has 0 saturated carbocycles. The van der Waals surface area contributed by atoms with Gasteiger partial charge in [0.1, 0.15) is 0 Å². The minimum atomic E-state index is -3.62. The molecule has 4 rings (SSSR count). The Morgan fingerprint density at radius 2 is 1.79 bits per heavy atom. The lowest BCUT2D eigenvalue weighted by Gasteiger charge is -2.08. The molecular formula is C20H17N5O2S. The molecule has 0 amide bonds. The summed E-state index contributed by atoms with van der Waals surface area (Å²) in [5.41, 5.74) is 3.25. The molecule has 28 heavy (non-hydrogen) atoms. The first-order chi connectivity index (χ1) is 13.6. The summed E-state index contributed by atoms with van der Waals surface area (Å²) in [5, 5.41) is 4.12. The van der Waals surface area contributed by atoms with E-state index in [-0.39, 0.29) is 11.4 Å². The van der Waals surface area contributed by atoms with Crippen molar-refractivity contribution in [3.8, 4) is 16.9 Å². The molecule has 1 N–H and O–H groups in total. The third-order valence-corrected chi connectivity index (χ3v) is 5.58. The van der Waals surface area contributed by atoms with Gasteiger partial charge in [0.05, 0.1) is 16.3 Å². The lowest BCUT2D eigenvalue weighted by molar-refractivity contribution is 0.581. The smallest absolute Gasteiger partial charge is 0.240 e. The maximum atomic E-state index is 12.5. The number of pyridine rings is 2. The third-order valence-electron chi connectivity index (χ3n) is 4.16. The van der Waals surface area contributed by atoms with Gasteiger partial charge in [-0.15, -0.1) is 0 Å². The van der Waals surface area contributed by atoms with Crippen LogP contribution in [-0.2, 0) is 16.6 Å². The average molecular weight is 391 g/mol. The fourth-order valence-corrected chi connectivity index (χ4v) is 3.69. The van der Waals surface area contributed by atoms with Gasteiger partial charge in [0, 0.05) is 43.1 Å². The van der Waals surface area contributed by atoms with E-state index in [2.05, 4.69) is 19.8 Å². The SMILES string of the molecule is O=S(=O)(NCc1ccc(-c2cccnc2)nc1)c1ccc(-n2cccn2)cc1. The van der Waals surface area contributed by atoms with Crippen LogP contribution in [0.25, 0.3) is 16.9 Å². The Labute approximate surface area is 162 Å². The fourth-order valence-electron chi connectivity index (χ4n) is 2.68. The van der Waals surface area contributed by atoms with Crippen molar-refractivity contribution in [2.75, 3.05) is 0 Å². The number of nitrogens with one attached hydrogen (secondary N) is 1. The normalized spacial score (nSPS) is 11.4. The minimum absolute atomic E-state index is 0.156. The number of aromatic nitrogens is 4. The number of nitrogens with zero attached hydrogens (tertiary/aromatic N) is 4. The number of rotatable bonds is 6. The Balaban J connectivity index is 1.43. The Morgan fingerprint density at radius 1 is 0.929 bits per heavy atom. The maximum Gasteiger partial charge on any atom is 0.240 e. The molecule has 0 saturated heterocycles. The van der Waals surface area contributed by atoms with Gasteiger partial charge in [0.2, 0.25) is 10.0 Å². The van der Waals surface area contributed by atoms with Crippen LogP contribution in [0.1, 0.15) is 5.56 Å². The van der Waals surface area contributed by atoms with Crippen LogP contribution >= 0.6 is 0 Å². The van der Waals surface area contributed by atoms with Crippen molar-refractivity contribution in [1.82, 2.24) is 24.5 Å². The van der Waals surface area contributed by atoms with Crippen LogP contribution in [-0.4, -0.2) is 28.2 Å². The monoisotopic (exact) mass is 391 g/mol. The Kier molecular flexibility index (Phi) is 4.96. The van der Waals surface area contributed by atoms with Gasteiger partial charge in [0.15, 0.2) is 0 Å². The summed E-state index contributed by atoms with van der Waals surface area (Å²) in [7, 11) is -3.62. The van der Waals surface area contributed by atoms with E-state index in [1.54, 1.807) is 66.0 Å². The first-order valence-electron chi connectivity index (χ1n) is 8.57. The highest BCUT2D eigenvalue weighted by atomic mass is 32.2. The zero-order valence-electron chi connectivity index (χ0n) is 14.8. The molecule has 0 spiro atoms. The van der Waals surface area contributed by atoms with Crippen molar-refractivity contribution >= 4 is 10.0 Å². The van der Waals surface area contributed by atoms with Crippen LogP contribution < -0.4 is 4.72 Å². The summed E-state index contributed by atoms with van der Waals surface area (Å²) in [5.74, 6) is 0. The molecule has 0 aliphatic rings. The Bertz CT molecular complexity index is 1140. The summed E-state index contributed by atoms with van der Waals surface area (Å²) in [6.07, 6.45) is 8.56. The molecule has 0 radical (unpaired) electrons. The van der Waals surface area contributed by atoms with E-state index in [0.717, 1.165) is 22.5 Å². The van der Waals surface area contributed by atoms with Gasteiger partial charge in [-0.25, -0.2) is 17.8 Å². The standard InChI is InChI=1S/C20H17N5O2S/c26-28(27,19-7-5-18(6-8-19)25-12-2-11-23-25)24-14-16-4-9-20(22-13-16)17-3-1-10-21-15-17/h1-13,15,24H,14H2. The molecule has 4 aromatic rings. The second-order valence-corrected chi connectivity index (χ2v) is 7.83. The zero-order chi connectivity index (χ0) is 19.4. The molecule has 1 aromatic carbocycles. The quantitative estimate of drug-likeness (QED) is 0.546. The first-order valence-corrected chi connectivity index (χ1v) is 10.1. The van der Waals surface area contributed by atoms with Crippen LogP contribution in [0.15, 0.2) is 90.5 Å². The molecule has 0 bridgehead atoms. The van der Waals surface area contributed by atoms with Gasteiger partial charge in [-0.2, -0.15) is 5.10 Å². The van der Waals surface area contributed by atoms with E-state index in [9.17, 15) is 8.42 Å². The topological polar surface area (TPSA) is 89.8 Å². The predicted octanol–water partition coefficient (Wildman–Crippen LogP) is 2.81. The Hall–Kier alpha value is -3.36. The number of hydrogen-bond donors (Lipinski definition) is 1. The maximum absolute atomic E-state index is 12.5. The molecule has 0 aliphatic heterocycles. The highest BCUT2D eigenvalue weighted by Crippen LogP contribution is 2.16. The molecular weight excluding hydrogens is 374 g/mol. The lowest BCUT2D eigenvalue weighted by Crippen LogP contribution is -2.23. The molecule has 140 valence electrons. The van der Waals surface area contributed by atoms with Gasteiger partial charge in [-0.1, -0.05) is 6.07 Å². The van der Waals surface area contributed by atoms with E-state index in [4.69, 9.17) is 0 Å². The Morgan fingerprint density at radius 3 is 2.43 bits per heavy atom. The van der Waals surface area contributed by atoms with E-state index in [1.165, 1.54) is 0 Å². The highest BCUT2D eigenvalue weighted by molar-refractivity contribution is 7.89. The van der Waals surface area contributed by atoms with Crippen molar-refractivity contribution in [3.05, 3.63) is 91.1 Å². The molecule has 8 heteroatoms. The van der Waals surface area contributed by atoms with Crippen LogP contribution in [0.2, 0.25) is 0 Å². The van der Waals surface area contributed by atoms with Gasteiger partial charge in [-0.05, 0) is 54.1 Å². The summed E-state index contributed by atoms with van der Waals surface area (Å²) < 4.78 is 29.3. The van der Waals surface area contributed by atoms with Gasteiger partial charge in [0.25, 0.3) is 0 Å². The molecule has 0 fully saturated rings. The first kappa shape index (κ1) is 18.0. The van der Waals surface area contributed by atoms with Gasteiger partial charge in [-0.3, -0.25) is 9.97 Å². The average Bonchev–Trinajstić information content (AvgIpc) is 3.28. The number of sulfonamides is 1. The van der Waals surface area contributed by atoms with Crippen LogP contribution in [0.5, 0.6) is 0 Å². The van der Waals surface area contributed by atoms with E-state index >= 15 is 0 Å². The van der Waals surface area contributed by atoms with Crippen LogP contribution in [0, 0.1) is 0 Å². The van der Waals surface area contributed by atoms with Gasteiger partial charge >= 0.3 is 0 Å². The predicted molar refractivity (Wildman–Crippen MR) is 105 cm³/mol. The minimum Gasteiger partial charge on any atom is -0.264 e. The largest absolute Gasteiger partial charge is 0.264 e. The fraction of sp³-hybridized carbons (Fsp3) is 0.0500. The van der Waals surface area contributed by atoms with E-state index in [0.29, 0.717) is 0 Å². The summed E-state index contributed by atoms with van der Waals surface area (Å²) >= 11 is 0. The molecule has 0 atom stereocenters. The lowest BCUT2D eigenvalue weighted by atomic mass is 10.1. The molecule has 3 aromatic heterocycles. The highest BCUT2D eigenvalue weighted by Gasteiger charge is 2.14. The zero-order valence-corrected chi connectivity index (χ0v) is 15.6. The summed E-state index contributed by atoms with van der Waals surface area (Å²) in [6, 6.07) is 15.8. The van der Waals surface area contributed by atoms with Crippen LogP contribution in [0.3, 0.4) is 0 Å². The molecule has 7 nitrogen and oxygen atoms in total. The van der Waals surface area contributed by atoms with Crippen LogP contribution in [0.4, 0.5) is 0 Å². The summed E-state index contributed by atoms with van der Waals surface area (Å²) in [4.78, 5) is 8.65. The van der Waals surface area contributed by atoms with Gasteiger partial charge < -0.3 is 0 Å². The molecule has 0 aliphatic carbocycles. The van der Waals surface area contributed by atoms with E-state index < -0.39 is 10.0 Å². The number of hydrogen-bond acceptors (Lipinski definition) is 5. The van der Waals surface area contributed by atoms with Crippen molar-refractivity contribution in [2.45, 2.75) is 11.4 Å². The number of benzene rings is 1. The van der Waals surface area contributed by atoms with Crippen molar-refractivity contribution < 1.29 is 8.42 Å². The van der Waals surface area contributed by atoms with Crippen molar-refractivity contribution in [2.24, 2.45) is 0 Å². The molecule has 0 unspecified atom stereocenters. The molecule has 3 heterocycles. The second kappa shape index (κ2) is 7.71. The van der Waals surface area contributed by atoms with Crippen molar-refractivity contribution in [1.29, 1.82) is 0 Å².